The van der Waals surface area contributed by atoms with Gasteiger partial charge in [0.05, 0.1) is 29.0 Å². The Bertz CT molecular complexity index is 1620. The quantitative estimate of drug-likeness (QED) is 0.256. The van der Waals surface area contributed by atoms with Crippen molar-refractivity contribution >= 4 is 46.8 Å². The summed E-state index contributed by atoms with van der Waals surface area (Å²) in [5.41, 5.74) is 4.28. The highest BCUT2D eigenvalue weighted by Gasteiger charge is 2.34. The topological polar surface area (TPSA) is 79.3 Å². The Kier molecular flexibility index (Phi) is 8.42. The van der Waals surface area contributed by atoms with Crippen molar-refractivity contribution in [2.45, 2.75) is 26.4 Å². The highest BCUT2D eigenvalue weighted by Crippen LogP contribution is 2.36. The summed E-state index contributed by atoms with van der Waals surface area (Å²) >= 11 is 12.8. The Morgan fingerprint density at radius 1 is 1.05 bits per heavy atom. The van der Waals surface area contributed by atoms with Gasteiger partial charge in [-0.15, -0.1) is 0 Å². The van der Waals surface area contributed by atoms with Crippen LogP contribution >= 0.6 is 23.2 Å². The first-order valence-corrected chi connectivity index (χ1v) is 13.9. The van der Waals surface area contributed by atoms with Crippen molar-refractivity contribution in [3.63, 3.8) is 0 Å². The molecule has 0 spiro atoms. The van der Waals surface area contributed by atoms with E-state index in [2.05, 4.69) is 10.6 Å². The summed E-state index contributed by atoms with van der Waals surface area (Å²) < 4.78 is 15.3. The first kappa shape index (κ1) is 28.4. The van der Waals surface area contributed by atoms with Crippen LogP contribution in [0.4, 0.5) is 9.18 Å². The van der Waals surface area contributed by atoms with E-state index in [-0.39, 0.29) is 42.6 Å². The maximum atomic E-state index is 13.8. The molecule has 1 aromatic heterocycles. The van der Waals surface area contributed by atoms with Crippen LogP contribution in [0, 0.1) is 5.82 Å². The van der Waals surface area contributed by atoms with Crippen molar-refractivity contribution in [3.8, 4) is 5.69 Å². The summed E-state index contributed by atoms with van der Waals surface area (Å²) in [5, 5.41) is 11.4. The molecule has 1 atom stereocenters. The normalized spacial score (nSPS) is 14.5. The van der Waals surface area contributed by atoms with Gasteiger partial charge in [-0.2, -0.15) is 5.10 Å². The largest absolute Gasteiger partial charge is 0.344 e. The summed E-state index contributed by atoms with van der Waals surface area (Å²) in [7, 11) is 0. The predicted molar refractivity (Wildman–Crippen MR) is 160 cm³/mol. The maximum absolute atomic E-state index is 13.8. The fourth-order valence-corrected chi connectivity index (χ4v) is 5.33. The van der Waals surface area contributed by atoms with E-state index in [0.717, 1.165) is 11.1 Å². The SMILES string of the molecule is CCNC(=O)N1CC(=Cc2ccc(F)cc2)c2c(c(C(=O)N[C@H](C)c3ccccc3)nn2-c2ccc(Cl)cc2Cl)C1. The third-order valence-corrected chi connectivity index (χ3v) is 7.36. The Hall–Kier alpha value is -4.14. The van der Waals surface area contributed by atoms with Crippen LogP contribution < -0.4 is 10.6 Å². The molecule has 1 aliphatic heterocycles. The molecular weight excluding hydrogens is 564 g/mol. The summed E-state index contributed by atoms with van der Waals surface area (Å²) in [4.78, 5) is 28.4. The number of nitrogens with zero attached hydrogens (tertiary/aromatic N) is 3. The Morgan fingerprint density at radius 2 is 1.78 bits per heavy atom. The molecule has 7 nitrogen and oxygen atoms in total. The molecule has 3 amide bonds. The first-order chi connectivity index (χ1) is 19.7. The van der Waals surface area contributed by atoms with Crippen LogP contribution in [0.1, 0.15) is 52.8 Å². The van der Waals surface area contributed by atoms with Gasteiger partial charge < -0.3 is 15.5 Å². The molecule has 10 heteroatoms. The Morgan fingerprint density at radius 3 is 2.46 bits per heavy atom. The van der Waals surface area contributed by atoms with Crippen LogP contribution in [0.5, 0.6) is 0 Å². The third kappa shape index (κ3) is 6.14. The fourth-order valence-electron chi connectivity index (χ4n) is 4.84. The molecule has 4 aromatic rings. The number of fused-ring (bicyclic) bond motifs is 1. The molecule has 3 aromatic carbocycles. The lowest BCUT2D eigenvalue weighted by atomic mass is 9.97. The second kappa shape index (κ2) is 12.2. The van der Waals surface area contributed by atoms with Crippen molar-refractivity contribution in [3.05, 3.63) is 117 Å². The number of aromatic nitrogens is 2. The van der Waals surface area contributed by atoms with E-state index < -0.39 is 0 Å². The number of hydrogen-bond donors (Lipinski definition) is 2. The molecule has 210 valence electrons. The summed E-state index contributed by atoms with van der Waals surface area (Å²) in [6, 6.07) is 20.1. The second-order valence-electron chi connectivity index (χ2n) is 9.70. The molecule has 0 bridgehead atoms. The minimum atomic E-state index is -0.389. The standard InChI is InChI=1S/C31H28Cl2FN5O2/c1-3-35-31(41)38-17-22(15-20-9-12-24(34)13-10-20)29-25(18-38)28(30(40)36-19(2)21-7-5-4-6-8-21)37-39(29)27-14-11-23(32)16-26(27)33/h4-16,19H,3,17-18H2,1-2H3,(H,35,41)(H,36,40)/t19-/m1/s1. The Balaban J connectivity index is 1.68. The van der Waals surface area contributed by atoms with Crippen LogP contribution in [0.3, 0.4) is 0 Å². The van der Waals surface area contributed by atoms with E-state index in [0.29, 0.717) is 39.1 Å². The molecule has 0 radical (unpaired) electrons. The van der Waals surface area contributed by atoms with Gasteiger partial charge in [0.25, 0.3) is 5.91 Å². The second-order valence-corrected chi connectivity index (χ2v) is 10.5. The molecule has 1 aliphatic rings. The first-order valence-electron chi connectivity index (χ1n) is 13.2. The zero-order valence-electron chi connectivity index (χ0n) is 22.5. The van der Waals surface area contributed by atoms with Crippen LogP contribution in [0.25, 0.3) is 17.3 Å². The lowest BCUT2D eigenvalue weighted by Gasteiger charge is -2.30. The number of halogens is 3. The summed E-state index contributed by atoms with van der Waals surface area (Å²) in [6.07, 6.45) is 1.86. The maximum Gasteiger partial charge on any atom is 0.317 e. The van der Waals surface area contributed by atoms with Gasteiger partial charge in [0.1, 0.15) is 5.82 Å². The molecule has 41 heavy (non-hydrogen) atoms. The van der Waals surface area contributed by atoms with Crippen LogP contribution in [-0.2, 0) is 6.54 Å². The zero-order valence-corrected chi connectivity index (χ0v) is 24.0. The monoisotopic (exact) mass is 591 g/mol. The number of hydrogen-bond acceptors (Lipinski definition) is 3. The summed E-state index contributed by atoms with van der Waals surface area (Å²) in [6.45, 7) is 4.56. The summed E-state index contributed by atoms with van der Waals surface area (Å²) in [5.74, 6) is -0.745. The van der Waals surface area contributed by atoms with Crippen molar-refractivity contribution in [1.29, 1.82) is 0 Å². The molecule has 5 rings (SSSR count). The van der Waals surface area contributed by atoms with Crippen molar-refractivity contribution in [1.82, 2.24) is 25.3 Å². The lowest BCUT2D eigenvalue weighted by Crippen LogP contribution is -2.42. The molecule has 2 heterocycles. The van der Waals surface area contributed by atoms with Gasteiger partial charge in [-0.25, -0.2) is 13.9 Å². The average molecular weight is 593 g/mol. The van der Waals surface area contributed by atoms with E-state index in [9.17, 15) is 14.0 Å². The van der Waals surface area contributed by atoms with E-state index in [1.54, 1.807) is 39.9 Å². The highest BCUT2D eigenvalue weighted by molar-refractivity contribution is 6.35. The highest BCUT2D eigenvalue weighted by atomic mass is 35.5. The van der Waals surface area contributed by atoms with Crippen LogP contribution in [-0.4, -0.2) is 39.7 Å². The number of nitrogens with one attached hydrogen (secondary N) is 2. The number of carbonyl (C=O) groups excluding carboxylic acids is 2. The van der Waals surface area contributed by atoms with Crippen molar-refractivity contribution in [2.24, 2.45) is 0 Å². The zero-order chi connectivity index (χ0) is 29.1. The number of rotatable bonds is 6. The van der Waals surface area contributed by atoms with Crippen LogP contribution in [0.15, 0.2) is 72.8 Å². The third-order valence-electron chi connectivity index (χ3n) is 6.82. The molecule has 0 aliphatic carbocycles. The lowest BCUT2D eigenvalue weighted by molar-refractivity contribution is 0.0932. The Labute approximate surface area is 247 Å². The van der Waals surface area contributed by atoms with Crippen LogP contribution in [0.2, 0.25) is 10.0 Å². The molecular formula is C31H28Cl2FN5O2. The molecule has 0 fully saturated rings. The van der Waals surface area contributed by atoms with E-state index in [1.807, 2.05) is 50.3 Å². The number of benzene rings is 3. The van der Waals surface area contributed by atoms with Gasteiger partial charge in [-0.05, 0) is 67.0 Å². The minimum absolute atomic E-state index is 0.148. The average Bonchev–Trinajstić information content (AvgIpc) is 3.34. The number of carbonyl (C=O) groups is 2. The predicted octanol–water partition coefficient (Wildman–Crippen LogP) is 6.89. The van der Waals surface area contributed by atoms with E-state index in [4.69, 9.17) is 28.3 Å². The molecule has 2 N–H and O–H groups in total. The van der Waals surface area contributed by atoms with Gasteiger partial charge in [-0.3, -0.25) is 4.79 Å². The van der Waals surface area contributed by atoms with Gasteiger partial charge in [0.2, 0.25) is 0 Å². The fraction of sp³-hybridized carbons (Fsp3) is 0.194. The van der Waals surface area contributed by atoms with Gasteiger partial charge in [0, 0.05) is 23.7 Å². The molecule has 0 unspecified atom stereocenters. The van der Waals surface area contributed by atoms with E-state index in [1.165, 1.54) is 12.1 Å². The van der Waals surface area contributed by atoms with Gasteiger partial charge in [-0.1, -0.05) is 65.7 Å². The number of urea groups is 1. The van der Waals surface area contributed by atoms with Crippen molar-refractivity contribution in [2.75, 3.05) is 13.1 Å². The van der Waals surface area contributed by atoms with Crippen molar-refractivity contribution < 1.29 is 14.0 Å². The minimum Gasteiger partial charge on any atom is -0.344 e. The van der Waals surface area contributed by atoms with E-state index >= 15 is 0 Å². The smallest absolute Gasteiger partial charge is 0.317 e. The van der Waals surface area contributed by atoms with Gasteiger partial charge >= 0.3 is 6.03 Å². The number of amides is 3. The molecule has 0 saturated carbocycles. The van der Waals surface area contributed by atoms with Gasteiger partial charge in [0.15, 0.2) is 5.69 Å². The molecule has 0 saturated heterocycles.